The van der Waals surface area contributed by atoms with Crippen molar-refractivity contribution < 1.29 is 18.7 Å². The minimum Gasteiger partial charge on any atom is -0.497 e. The van der Waals surface area contributed by atoms with Crippen LogP contribution in [0.25, 0.3) is 16.6 Å². The Balaban J connectivity index is 2.10. The van der Waals surface area contributed by atoms with Gasteiger partial charge in [0.05, 0.1) is 24.8 Å². The average Bonchev–Trinajstić information content (AvgIpc) is 2.99. The highest BCUT2D eigenvalue weighted by Crippen LogP contribution is 2.28. The summed E-state index contributed by atoms with van der Waals surface area (Å²) < 4.78 is 26.2. The van der Waals surface area contributed by atoms with Gasteiger partial charge in [0.1, 0.15) is 5.75 Å². The average molecular weight is 313 g/mol. The van der Waals surface area contributed by atoms with Gasteiger partial charge in [0.2, 0.25) is 0 Å². The van der Waals surface area contributed by atoms with Gasteiger partial charge in [-0.25, -0.2) is 9.18 Å². The Kier molecular flexibility index (Phi) is 4.02. The normalized spacial score (nSPS) is 10.7. The monoisotopic (exact) mass is 313 g/mol. The van der Waals surface area contributed by atoms with Crippen LogP contribution in [0.2, 0.25) is 0 Å². The number of aromatic nitrogens is 1. The number of ether oxygens (including phenoxy) is 2. The van der Waals surface area contributed by atoms with Gasteiger partial charge in [0.15, 0.2) is 5.82 Å². The summed E-state index contributed by atoms with van der Waals surface area (Å²) in [7, 11) is 1.50. The lowest BCUT2D eigenvalue weighted by atomic mass is 10.2. The van der Waals surface area contributed by atoms with E-state index in [9.17, 15) is 9.18 Å². The molecule has 118 valence electrons. The lowest BCUT2D eigenvalue weighted by Gasteiger charge is -2.09. The first kappa shape index (κ1) is 15.1. The van der Waals surface area contributed by atoms with Crippen LogP contribution in [0.4, 0.5) is 4.39 Å². The quantitative estimate of drug-likeness (QED) is 0.685. The first-order valence-electron chi connectivity index (χ1n) is 7.26. The van der Waals surface area contributed by atoms with Gasteiger partial charge in [-0.15, -0.1) is 0 Å². The number of hydrogen-bond donors (Lipinski definition) is 0. The Morgan fingerprint density at radius 2 is 2.04 bits per heavy atom. The molecule has 0 spiro atoms. The van der Waals surface area contributed by atoms with E-state index in [4.69, 9.17) is 9.47 Å². The molecule has 0 radical (unpaired) electrons. The van der Waals surface area contributed by atoms with E-state index in [1.54, 1.807) is 48.0 Å². The summed E-state index contributed by atoms with van der Waals surface area (Å²) in [6, 6.07) is 11.8. The Bertz CT molecular complexity index is 870. The molecule has 0 saturated heterocycles. The van der Waals surface area contributed by atoms with Crippen molar-refractivity contribution in [1.82, 2.24) is 4.57 Å². The van der Waals surface area contributed by atoms with Gasteiger partial charge >= 0.3 is 5.97 Å². The van der Waals surface area contributed by atoms with Crippen LogP contribution in [0.15, 0.2) is 48.7 Å². The molecule has 0 atom stereocenters. The zero-order valence-electron chi connectivity index (χ0n) is 12.9. The molecule has 3 rings (SSSR count). The van der Waals surface area contributed by atoms with Crippen molar-refractivity contribution >= 4 is 16.9 Å². The van der Waals surface area contributed by atoms with Gasteiger partial charge in [0, 0.05) is 23.3 Å². The summed E-state index contributed by atoms with van der Waals surface area (Å²) >= 11 is 0. The number of halogens is 1. The summed E-state index contributed by atoms with van der Waals surface area (Å²) in [6.45, 7) is 2.06. The van der Waals surface area contributed by atoms with Crippen LogP contribution in [0.5, 0.6) is 5.75 Å². The van der Waals surface area contributed by atoms with E-state index in [1.807, 2.05) is 6.07 Å². The molecule has 1 aromatic heterocycles. The number of esters is 1. The van der Waals surface area contributed by atoms with E-state index in [2.05, 4.69) is 0 Å². The number of carbonyl (C=O) groups is 1. The van der Waals surface area contributed by atoms with Crippen LogP contribution in [-0.4, -0.2) is 24.3 Å². The molecule has 0 unspecified atom stereocenters. The summed E-state index contributed by atoms with van der Waals surface area (Å²) in [5, 5.41) is 0.725. The maximum Gasteiger partial charge on any atom is 0.338 e. The Labute approximate surface area is 133 Å². The molecule has 5 heteroatoms. The third kappa shape index (κ3) is 2.77. The molecule has 23 heavy (non-hydrogen) atoms. The Morgan fingerprint density at radius 1 is 1.22 bits per heavy atom. The topological polar surface area (TPSA) is 40.5 Å². The molecule has 4 nitrogen and oxygen atoms in total. The third-order valence-corrected chi connectivity index (χ3v) is 3.58. The van der Waals surface area contributed by atoms with Crippen LogP contribution < -0.4 is 4.74 Å². The maximum absolute atomic E-state index is 14.4. The summed E-state index contributed by atoms with van der Waals surface area (Å²) in [4.78, 5) is 11.9. The van der Waals surface area contributed by atoms with Gasteiger partial charge in [0.25, 0.3) is 0 Å². The maximum atomic E-state index is 14.4. The highest BCUT2D eigenvalue weighted by Gasteiger charge is 2.13. The Morgan fingerprint density at radius 3 is 2.78 bits per heavy atom. The number of fused-ring (bicyclic) bond motifs is 1. The van der Waals surface area contributed by atoms with E-state index in [0.29, 0.717) is 29.1 Å². The molecule has 0 N–H and O–H groups in total. The number of carbonyl (C=O) groups excluding carboxylic acids is 1. The van der Waals surface area contributed by atoms with Crippen molar-refractivity contribution in [2.45, 2.75) is 6.92 Å². The minimum absolute atomic E-state index is 0.309. The van der Waals surface area contributed by atoms with Crippen LogP contribution >= 0.6 is 0 Å². The predicted octanol–water partition coefficient (Wildman–Crippen LogP) is 3.95. The second kappa shape index (κ2) is 6.12. The van der Waals surface area contributed by atoms with E-state index in [0.717, 1.165) is 5.39 Å². The predicted molar refractivity (Wildman–Crippen MR) is 85.7 cm³/mol. The molecule has 0 amide bonds. The third-order valence-electron chi connectivity index (χ3n) is 3.58. The minimum atomic E-state index is -0.395. The number of rotatable bonds is 4. The summed E-state index contributed by atoms with van der Waals surface area (Å²) in [5.74, 6) is -0.313. The van der Waals surface area contributed by atoms with Gasteiger partial charge in [-0.3, -0.25) is 0 Å². The number of methoxy groups -OCH3 is 1. The lowest BCUT2D eigenvalue weighted by Crippen LogP contribution is -2.05. The molecule has 3 aromatic rings. The second-order valence-electron chi connectivity index (χ2n) is 5.00. The van der Waals surface area contributed by atoms with Crippen molar-refractivity contribution in [3.8, 4) is 11.4 Å². The first-order valence-corrected chi connectivity index (χ1v) is 7.26. The molecular formula is C18H16FNO3. The number of benzene rings is 2. The van der Waals surface area contributed by atoms with E-state index in [1.165, 1.54) is 13.2 Å². The summed E-state index contributed by atoms with van der Waals surface area (Å²) in [6.07, 6.45) is 1.76. The van der Waals surface area contributed by atoms with Gasteiger partial charge < -0.3 is 14.0 Å². The molecule has 0 saturated carbocycles. The summed E-state index contributed by atoms with van der Waals surface area (Å²) in [5.41, 5.74) is 1.56. The highest BCUT2D eigenvalue weighted by molar-refractivity contribution is 5.90. The van der Waals surface area contributed by atoms with Crippen molar-refractivity contribution in [3.05, 3.63) is 60.0 Å². The molecule has 0 aliphatic rings. The molecular weight excluding hydrogens is 297 g/mol. The van der Waals surface area contributed by atoms with Crippen molar-refractivity contribution in [2.24, 2.45) is 0 Å². The van der Waals surface area contributed by atoms with Gasteiger partial charge in [-0.1, -0.05) is 6.07 Å². The first-order chi connectivity index (χ1) is 11.1. The molecule has 0 aliphatic carbocycles. The fourth-order valence-electron chi connectivity index (χ4n) is 2.54. The lowest BCUT2D eigenvalue weighted by molar-refractivity contribution is 0.0526. The van der Waals surface area contributed by atoms with E-state index < -0.39 is 5.97 Å². The van der Waals surface area contributed by atoms with Crippen LogP contribution in [-0.2, 0) is 4.74 Å². The van der Waals surface area contributed by atoms with Gasteiger partial charge in [-0.05, 0) is 37.3 Å². The van der Waals surface area contributed by atoms with Crippen LogP contribution in [0.1, 0.15) is 17.3 Å². The molecule has 0 bridgehead atoms. The van der Waals surface area contributed by atoms with Crippen molar-refractivity contribution in [1.29, 1.82) is 0 Å². The zero-order valence-corrected chi connectivity index (χ0v) is 12.9. The van der Waals surface area contributed by atoms with Crippen LogP contribution in [0, 0.1) is 5.82 Å². The Hall–Kier alpha value is -2.82. The molecule has 2 aromatic carbocycles. The standard InChI is InChI=1S/C18H16FNO3/c1-3-23-18(21)13-5-4-6-14(9-13)20-8-7-12-10-15(22-2)11-16(19)17(12)20/h4-11H,3H2,1-2H3. The van der Waals surface area contributed by atoms with Crippen molar-refractivity contribution in [2.75, 3.05) is 13.7 Å². The molecule has 1 heterocycles. The SMILES string of the molecule is CCOC(=O)c1cccc(-n2ccc3cc(OC)cc(F)c32)c1. The fraction of sp³-hybridized carbons (Fsp3) is 0.167. The van der Waals surface area contributed by atoms with Crippen LogP contribution in [0.3, 0.4) is 0 Å². The van der Waals surface area contributed by atoms with Crippen molar-refractivity contribution in [3.63, 3.8) is 0 Å². The number of nitrogens with zero attached hydrogens (tertiary/aromatic N) is 1. The molecule has 0 aliphatic heterocycles. The molecule has 0 fully saturated rings. The number of hydrogen-bond acceptors (Lipinski definition) is 3. The smallest absolute Gasteiger partial charge is 0.338 e. The zero-order chi connectivity index (χ0) is 16.4. The second-order valence-corrected chi connectivity index (χ2v) is 5.00. The van der Waals surface area contributed by atoms with E-state index >= 15 is 0 Å². The highest BCUT2D eigenvalue weighted by atomic mass is 19.1. The van der Waals surface area contributed by atoms with E-state index in [-0.39, 0.29) is 5.82 Å². The van der Waals surface area contributed by atoms with Gasteiger partial charge in [-0.2, -0.15) is 0 Å². The fourth-order valence-corrected chi connectivity index (χ4v) is 2.54. The largest absolute Gasteiger partial charge is 0.497 e.